The Labute approximate surface area is 118 Å². The second kappa shape index (κ2) is 7.02. The lowest BCUT2D eigenvalue weighted by molar-refractivity contribution is -0.0568. The first-order chi connectivity index (χ1) is 9.10. The molecular weight excluding hydrogens is 238 g/mol. The number of morpholine rings is 1. The number of nitrogens with zero attached hydrogens (tertiary/aromatic N) is 2. The second-order valence-electron chi connectivity index (χ2n) is 6.46. The van der Waals surface area contributed by atoms with Crippen LogP contribution in [0, 0.1) is 5.92 Å². The molecule has 3 atom stereocenters. The molecule has 2 aliphatic rings. The molecule has 2 fully saturated rings. The predicted molar refractivity (Wildman–Crippen MR) is 79.3 cm³/mol. The van der Waals surface area contributed by atoms with Gasteiger partial charge in [-0.25, -0.2) is 0 Å². The van der Waals surface area contributed by atoms with Crippen LogP contribution in [0.4, 0.5) is 0 Å². The maximum absolute atomic E-state index is 6.18. The van der Waals surface area contributed by atoms with Gasteiger partial charge in [-0.1, -0.05) is 13.3 Å². The Morgan fingerprint density at radius 2 is 2.05 bits per heavy atom. The number of nitrogens with two attached hydrogens (primary N) is 1. The minimum atomic E-state index is 0.378. The Kier molecular flexibility index (Phi) is 5.63. The van der Waals surface area contributed by atoms with Crippen molar-refractivity contribution in [2.75, 3.05) is 39.3 Å². The van der Waals surface area contributed by atoms with Crippen LogP contribution >= 0.6 is 0 Å². The van der Waals surface area contributed by atoms with Crippen LogP contribution in [-0.2, 0) is 4.74 Å². The Morgan fingerprint density at radius 3 is 2.74 bits per heavy atom. The summed E-state index contributed by atoms with van der Waals surface area (Å²) in [6.45, 7) is 13.2. The van der Waals surface area contributed by atoms with E-state index in [0.717, 1.165) is 45.8 Å². The minimum absolute atomic E-state index is 0.378. The van der Waals surface area contributed by atoms with Crippen LogP contribution in [0.3, 0.4) is 0 Å². The molecule has 0 bridgehead atoms. The molecule has 0 aromatic carbocycles. The SMILES string of the molecule is CCC1CN(CC2CN(C(C)C)CCO2)CCC1N. The molecule has 2 N–H and O–H groups in total. The summed E-state index contributed by atoms with van der Waals surface area (Å²) in [7, 11) is 0. The van der Waals surface area contributed by atoms with Crippen molar-refractivity contribution in [3.63, 3.8) is 0 Å². The fourth-order valence-electron chi connectivity index (χ4n) is 3.33. The van der Waals surface area contributed by atoms with Crippen LogP contribution in [0.5, 0.6) is 0 Å². The van der Waals surface area contributed by atoms with E-state index in [1.165, 1.54) is 6.42 Å². The summed E-state index contributed by atoms with van der Waals surface area (Å²) in [5, 5.41) is 0. The van der Waals surface area contributed by atoms with Gasteiger partial charge in [0.25, 0.3) is 0 Å². The van der Waals surface area contributed by atoms with E-state index in [1.54, 1.807) is 0 Å². The van der Waals surface area contributed by atoms with Crippen molar-refractivity contribution in [3.8, 4) is 0 Å². The van der Waals surface area contributed by atoms with Crippen LogP contribution in [0.25, 0.3) is 0 Å². The molecule has 4 heteroatoms. The molecule has 0 amide bonds. The second-order valence-corrected chi connectivity index (χ2v) is 6.46. The smallest absolute Gasteiger partial charge is 0.0829 e. The van der Waals surface area contributed by atoms with Gasteiger partial charge in [-0.05, 0) is 32.7 Å². The van der Waals surface area contributed by atoms with Crippen molar-refractivity contribution in [1.82, 2.24) is 9.80 Å². The Bertz CT molecular complexity index is 268. The Morgan fingerprint density at radius 1 is 1.26 bits per heavy atom. The molecule has 3 unspecified atom stereocenters. The van der Waals surface area contributed by atoms with Crippen LogP contribution in [0.1, 0.15) is 33.6 Å². The number of ether oxygens (including phenoxy) is 1. The number of hydrogen-bond donors (Lipinski definition) is 1. The highest BCUT2D eigenvalue weighted by molar-refractivity contribution is 4.85. The maximum atomic E-state index is 6.18. The highest BCUT2D eigenvalue weighted by Gasteiger charge is 2.29. The molecule has 112 valence electrons. The van der Waals surface area contributed by atoms with Gasteiger partial charge in [0.15, 0.2) is 0 Å². The highest BCUT2D eigenvalue weighted by Crippen LogP contribution is 2.20. The molecule has 2 rings (SSSR count). The zero-order valence-corrected chi connectivity index (χ0v) is 12.8. The summed E-state index contributed by atoms with van der Waals surface area (Å²) in [5.41, 5.74) is 6.18. The zero-order valence-electron chi connectivity index (χ0n) is 12.8. The molecule has 0 aromatic rings. The van der Waals surface area contributed by atoms with Crippen LogP contribution in [0.15, 0.2) is 0 Å². The maximum Gasteiger partial charge on any atom is 0.0829 e. The van der Waals surface area contributed by atoms with Crippen molar-refractivity contribution in [2.24, 2.45) is 11.7 Å². The van der Waals surface area contributed by atoms with E-state index < -0.39 is 0 Å². The third-order valence-corrected chi connectivity index (χ3v) is 4.76. The molecule has 4 nitrogen and oxygen atoms in total. The summed E-state index contributed by atoms with van der Waals surface area (Å²) < 4.78 is 5.94. The van der Waals surface area contributed by atoms with Gasteiger partial charge >= 0.3 is 0 Å². The lowest BCUT2D eigenvalue weighted by Gasteiger charge is -2.41. The molecule has 0 spiro atoms. The first-order valence-electron chi connectivity index (χ1n) is 7.93. The summed E-state index contributed by atoms with van der Waals surface area (Å²) >= 11 is 0. The van der Waals surface area contributed by atoms with Crippen molar-refractivity contribution >= 4 is 0 Å². The topological polar surface area (TPSA) is 41.7 Å². The summed E-state index contributed by atoms with van der Waals surface area (Å²) in [6, 6.07) is 1.03. The third kappa shape index (κ3) is 4.15. The lowest BCUT2D eigenvalue weighted by atomic mass is 9.90. The van der Waals surface area contributed by atoms with Crippen LogP contribution < -0.4 is 5.73 Å². The molecular formula is C15H31N3O. The molecule has 0 saturated carbocycles. The molecule has 0 aromatic heterocycles. The predicted octanol–water partition coefficient (Wildman–Crippen LogP) is 1.15. The molecule has 0 radical (unpaired) electrons. The van der Waals surface area contributed by atoms with E-state index in [1.807, 2.05) is 0 Å². The van der Waals surface area contributed by atoms with Gasteiger partial charge in [0.2, 0.25) is 0 Å². The van der Waals surface area contributed by atoms with E-state index in [9.17, 15) is 0 Å². The van der Waals surface area contributed by atoms with Gasteiger partial charge in [-0.2, -0.15) is 0 Å². The van der Waals surface area contributed by atoms with E-state index in [0.29, 0.717) is 24.1 Å². The van der Waals surface area contributed by atoms with Gasteiger partial charge < -0.3 is 15.4 Å². The largest absolute Gasteiger partial charge is 0.374 e. The number of hydrogen-bond acceptors (Lipinski definition) is 4. The first-order valence-corrected chi connectivity index (χ1v) is 7.93. The summed E-state index contributed by atoms with van der Waals surface area (Å²) in [4.78, 5) is 5.09. The third-order valence-electron chi connectivity index (χ3n) is 4.76. The van der Waals surface area contributed by atoms with Crippen molar-refractivity contribution in [3.05, 3.63) is 0 Å². The van der Waals surface area contributed by atoms with Crippen molar-refractivity contribution < 1.29 is 4.74 Å². The molecule has 2 heterocycles. The quantitative estimate of drug-likeness (QED) is 0.831. The highest BCUT2D eigenvalue weighted by atomic mass is 16.5. The van der Waals surface area contributed by atoms with E-state index in [-0.39, 0.29) is 0 Å². The molecule has 0 aliphatic carbocycles. The fourth-order valence-corrected chi connectivity index (χ4v) is 3.33. The van der Waals surface area contributed by atoms with Crippen molar-refractivity contribution in [1.29, 1.82) is 0 Å². The van der Waals surface area contributed by atoms with Gasteiger partial charge in [0, 0.05) is 38.3 Å². The summed E-state index contributed by atoms with van der Waals surface area (Å²) in [6.07, 6.45) is 2.71. The van der Waals surface area contributed by atoms with Gasteiger partial charge in [0.1, 0.15) is 0 Å². The molecule has 2 aliphatic heterocycles. The van der Waals surface area contributed by atoms with Crippen molar-refractivity contribution in [2.45, 2.75) is 51.8 Å². The van der Waals surface area contributed by atoms with Crippen LogP contribution in [-0.4, -0.2) is 67.3 Å². The Balaban J connectivity index is 1.80. The monoisotopic (exact) mass is 269 g/mol. The zero-order chi connectivity index (χ0) is 13.8. The fraction of sp³-hybridized carbons (Fsp3) is 1.00. The Hall–Kier alpha value is -0.160. The van der Waals surface area contributed by atoms with Gasteiger partial charge in [0.05, 0.1) is 12.7 Å². The average Bonchev–Trinajstić information content (AvgIpc) is 2.41. The van der Waals surface area contributed by atoms with E-state index >= 15 is 0 Å². The number of rotatable bonds is 4. The lowest BCUT2D eigenvalue weighted by Crippen LogP contribution is -2.53. The average molecular weight is 269 g/mol. The first kappa shape index (κ1) is 15.2. The van der Waals surface area contributed by atoms with Gasteiger partial charge in [-0.3, -0.25) is 4.90 Å². The summed E-state index contributed by atoms with van der Waals surface area (Å²) in [5.74, 6) is 0.665. The number of likely N-dealkylation sites (tertiary alicyclic amines) is 1. The minimum Gasteiger partial charge on any atom is -0.374 e. The molecule has 19 heavy (non-hydrogen) atoms. The standard InChI is InChI=1S/C15H31N3O/c1-4-13-9-17(6-5-15(13)16)10-14-11-18(12(2)3)7-8-19-14/h12-15H,4-11,16H2,1-3H3. The van der Waals surface area contributed by atoms with Crippen LogP contribution in [0.2, 0.25) is 0 Å². The normalized spacial score (nSPS) is 34.9. The molecule has 2 saturated heterocycles. The number of piperidine rings is 1. The van der Waals surface area contributed by atoms with E-state index in [4.69, 9.17) is 10.5 Å². The van der Waals surface area contributed by atoms with Gasteiger partial charge in [-0.15, -0.1) is 0 Å². The van der Waals surface area contributed by atoms with E-state index in [2.05, 4.69) is 30.6 Å².